The standard InChI is InChI=1S/C10H5F13O2/c1-2-3-25-4(24)5(11,12)6(13,14)7(15,16)8(17,18)9(19,20)10(21,22)23/h2H,1,3H2. The summed E-state index contributed by atoms with van der Waals surface area (Å²) in [4.78, 5) is 10.6. The number of hydrogen-bond donors (Lipinski definition) is 0. The van der Waals surface area contributed by atoms with Gasteiger partial charge in [-0.05, 0) is 0 Å². The lowest BCUT2D eigenvalue weighted by atomic mass is 9.94. The van der Waals surface area contributed by atoms with Gasteiger partial charge in [0.15, 0.2) is 0 Å². The van der Waals surface area contributed by atoms with Crippen LogP contribution in [0, 0.1) is 0 Å². The molecule has 0 atom stereocenters. The third-order valence-corrected chi connectivity index (χ3v) is 2.52. The Labute approximate surface area is 129 Å². The predicted octanol–water partition coefficient (Wildman–Crippen LogP) is 4.45. The summed E-state index contributed by atoms with van der Waals surface area (Å²) in [6, 6.07) is 0. The molecular formula is C10H5F13O2. The fourth-order valence-electron chi connectivity index (χ4n) is 1.12. The van der Waals surface area contributed by atoms with Gasteiger partial charge in [0.1, 0.15) is 6.61 Å². The number of ether oxygens (including phenoxy) is 1. The Morgan fingerprint density at radius 3 is 1.40 bits per heavy atom. The molecule has 0 aromatic rings. The predicted molar refractivity (Wildman–Crippen MR) is 51.9 cm³/mol. The first-order valence-corrected chi connectivity index (χ1v) is 5.47. The summed E-state index contributed by atoms with van der Waals surface area (Å²) in [7, 11) is 0. The summed E-state index contributed by atoms with van der Waals surface area (Å²) in [5, 5.41) is 0. The quantitative estimate of drug-likeness (QED) is 0.356. The number of carbonyl (C=O) groups is 1. The van der Waals surface area contributed by atoms with Gasteiger partial charge in [-0.25, -0.2) is 4.79 Å². The Balaban J connectivity index is 6.20. The highest BCUT2D eigenvalue weighted by molar-refractivity contribution is 5.79. The Morgan fingerprint density at radius 2 is 1.08 bits per heavy atom. The summed E-state index contributed by atoms with van der Waals surface area (Å²) in [6.45, 7) is 1.41. The van der Waals surface area contributed by atoms with Gasteiger partial charge in [0.05, 0.1) is 0 Å². The zero-order chi connectivity index (χ0) is 20.7. The van der Waals surface area contributed by atoms with E-state index in [1.807, 2.05) is 0 Å². The molecule has 0 aliphatic heterocycles. The molecular weight excluding hydrogens is 399 g/mol. The van der Waals surface area contributed by atoms with Crippen molar-refractivity contribution >= 4 is 5.97 Å². The highest BCUT2D eigenvalue weighted by Gasteiger charge is 2.92. The molecule has 0 saturated carbocycles. The van der Waals surface area contributed by atoms with E-state index in [4.69, 9.17) is 0 Å². The zero-order valence-electron chi connectivity index (χ0n) is 11.2. The Bertz CT molecular complexity index is 519. The van der Waals surface area contributed by atoms with Gasteiger partial charge in [-0.15, -0.1) is 0 Å². The average Bonchev–Trinajstić information content (AvgIpc) is 2.42. The van der Waals surface area contributed by atoms with Gasteiger partial charge < -0.3 is 4.74 Å². The Hall–Kier alpha value is -1.70. The monoisotopic (exact) mass is 404 g/mol. The van der Waals surface area contributed by atoms with E-state index >= 15 is 0 Å². The van der Waals surface area contributed by atoms with Crippen LogP contribution in [-0.2, 0) is 9.53 Å². The fourth-order valence-corrected chi connectivity index (χ4v) is 1.12. The normalized spacial score (nSPS) is 15.1. The lowest BCUT2D eigenvalue weighted by molar-refractivity contribution is -0.436. The van der Waals surface area contributed by atoms with Crippen molar-refractivity contribution in [2.24, 2.45) is 0 Å². The van der Waals surface area contributed by atoms with Crippen molar-refractivity contribution < 1.29 is 66.6 Å². The third-order valence-electron chi connectivity index (χ3n) is 2.52. The summed E-state index contributed by atoms with van der Waals surface area (Å²) in [6.07, 6.45) is -7.06. The molecule has 0 N–H and O–H groups in total. The van der Waals surface area contributed by atoms with Crippen LogP contribution in [0.3, 0.4) is 0 Å². The minimum absolute atomic E-state index is 0.441. The van der Waals surface area contributed by atoms with E-state index in [9.17, 15) is 61.9 Å². The zero-order valence-corrected chi connectivity index (χ0v) is 11.2. The van der Waals surface area contributed by atoms with Crippen molar-refractivity contribution in [3.63, 3.8) is 0 Å². The number of esters is 1. The highest BCUT2D eigenvalue weighted by atomic mass is 19.4. The van der Waals surface area contributed by atoms with Gasteiger partial charge in [-0.1, -0.05) is 12.7 Å². The molecule has 0 bridgehead atoms. The highest BCUT2D eigenvalue weighted by Crippen LogP contribution is 2.60. The van der Waals surface area contributed by atoms with Crippen molar-refractivity contribution in [3.8, 4) is 0 Å². The lowest BCUT2D eigenvalue weighted by Crippen LogP contribution is -2.71. The van der Waals surface area contributed by atoms with E-state index < -0.39 is 48.4 Å². The first kappa shape index (κ1) is 23.3. The van der Waals surface area contributed by atoms with Crippen LogP contribution in [0.2, 0.25) is 0 Å². The molecule has 148 valence electrons. The molecule has 0 rings (SSSR count). The molecule has 0 aliphatic carbocycles. The topological polar surface area (TPSA) is 26.3 Å². The van der Waals surface area contributed by atoms with E-state index in [1.165, 1.54) is 0 Å². The van der Waals surface area contributed by atoms with Gasteiger partial charge >= 0.3 is 41.8 Å². The maximum absolute atomic E-state index is 13.1. The summed E-state index contributed by atoms with van der Waals surface area (Å²) in [5.74, 6) is -42.1. The summed E-state index contributed by atoms with van der Waals surface area (Å²) < 4.78 is 167. The van der Waals surface area contributed by atoms with Gasteiger partial charge in [-0.2, -0.15) is 57.1 Å². The van der Waals surface area contributed by atoms with E-state index in [0.717, 1.165) is 0 Å². The van der Waals surface area contributed by atoms with Crippen molar-refractivity contribution in [1.82, 2.24) is 0 Å². The van der Waals surface area contributed by atoms with Crippen LogP contribution in [0.1, 0.15) is 0 Å². The number of rotatable bonds is 7. The largest absolute Gasteiger partial charge is 0.460 e. The van der Waals surface area contributed by atoms with Crippen LogP contribution >= 0.6 is 0 Å². The molecule has 0 aliphatic rings. The Kier molecular flexibility index (Phi) is 5.81. The van der Waals surface area contributed by atoms with Gasteiger partial charge in [-0.3, -0.25) is 0 Å². The molecule has 0 saturated heterocycles. The molecule has 2 nitrogen and oxygen atoms in total. The van der Waals surface area contributed by atoms with Crippen LogP contribution in [-0.4, -0.2) is 48.4 Å². The van der Waals surface area contributed by atoms with E-state index in [2.05, 4.69) is 11.3 Å². The molecule has 0 aromatic carbocycles. The lowest BCUT2D eigenvalue weighted by Gasteiger charge is -2.38. The SMILES string of the molecule is C=CCOC(=O)C(F)(F)C(F)(F)C(F)(F)C(F)(F)C(F)(F)C(F)(F)F. The summed E-state index contributed by atoms with van der Waals surface area (Å²) >= 11 is 0. The number of hydrogen-bond acceptors (Lipinski definition) is 2. The molecule has 0 heterocycles. The molecule has 15 heteroatoms. The first-order valence-electron chi connectivity index (χ1n) is 5.47. The fraction of sp³-hybridized carbons (Fsp3) is 0.700. The first-order chi connectivity index (χ1) is 10.7. The van der Waals surface area contributed by atoms with Gasteiger partial charge in [0, 0.05) is 0 Å². The van der Waals surface area contributed by atoms with E-state index in [0.29, 0.717) is 6.08 Å². The maximum Gasteiger partial charge on any atom is 0.460 e. The van der Waals surface area contributed by atoms with Gasteiger partial charge in [0.2, 0.25) is 0 Å². The Morgan fingerprint density at radius 1 is 0.720 bits per heavy atom. The molecule has 0 amide bonds. The number of carbonyl (C=O) groups excluding carboxylic acids is 1. The minimum atomic E-state index is -8.05. The van der Waals surface area contributed by atoms with Gasteiger partial charge in [0.25, 0.3) is 0 Å². The van der Waals surface area contributed by atoms with E-state index in [1.54, 1.807) is 0 Å². The minimum Gasteiger partial charge on any atom is -0.457 e. The van der Waals surface area contributed by atoms with Crippen molar-refractivity contribution in [1.29, 1.82) is 0 Å². The molecule has 0 aromatic heterocycles. The molecule has 0 radical (unpaired) electrons. The van der Waals surface area contributed by atoms with Crippen LogP contribution in [0.25, 0.3) is 0 Å². The van der Waals surface area contributed by atoms with Crippen LogP contribution in [0.5, 0.6) is 0 Å². The second-order valence-corrected chi connectivity index (χ2v) is 4.26. The van der Waals surface area contributed by atoms with Crippen molar-refractivity contribution in [2.45, 2.75) is 35.8 Å². The smallest absolute Gasteiger partial charge is 0.457 e. The van der Waals surface area contributed by atoms with Crippen molar-refractivity contribution in [3.05, 3.63) is 12.7 Å². The third kappa shape index (κ3) is 3.23. The number of alkyl halides is 13. The molecule has 0 unspecified atom stereocenters. The molecule has 0 spiro atoms. The maximum atomic E-state index is 13.1. The van der Waals surface area contributed by atoms with Crippen LogP contribution < -0.4 is 0 Å². The van der Waals surface area contributed by atoms with E-state index in [-0.39, 0.29) is 0 Å². The van der Waals surface area contributed by atoms with Crippen molar-refractivity contribution in [2.75, 3.05) is 6.61 Å². The van der Waals surface area contributed by atoms with Crippen LogP contribution in [0.4, 0.5) is 57.1 Å². The van der Waals surface area contributed by atoms with Crippen LogP contribution in [0.15, 0.2) is 12.7 Å². The molecule has 0 fully saturated rings. The molecule has 25 heavy (non-hydrogen) atoms. The average molecular weight is 404 g/mol. The summed E-state index contributed by atoms with van der Waals surface area (Å²) in [5.41, 5.74) is 0. The second kappa shape index (κ2) is 6.23. The number of halogens is 13. The second-order valence-electron chi connectivity index (χ2n) is 4.26.